The van der Waals surface area contributed by atoms with Crippen molar-refractivity contribution in [2.45, 2.75) is 102 Å². The average Bonchev–Trinajstić information content (AvgIpc) is 3.54. The van der Waals surface area contributed by atoms with Gasteiger partial charge in [0.05, 0.1) is 17.1 Å². The Morgan fingerprint density at radius 2 is 1.77 bits per heavy atom. The van der Waals surface area contributed by atoms with Gasteiger partial charge in [0, 0.05) is 23.7 Å². The van der Waals surface area contributed by atoms with E-state index >= 15 is 0 Å². The molecule has 3 aromatic rings. The molecule has 0 radical (unpaired) electrons. The molecule has 3 fully saturated rings. The number of aliphatic hydroxyl groups is 1. The second-order valence-electron chi connectivity index (χ2n) is 15.0. The number of benzene rings is 2. The first-order valence-corrected chi connectivity index (χ1v) is 18.7. The summed E-state index contributed by atoms with van der Waals surface area (Å²) in [5, 5.41) is 17.8. The van der Waals surface area contributed by atoms with E-state index in [0.717, 1.165) is 60.9 Å². The van der Waals surface area contributed by atoms with Gasteiger partial charge in [0.15, 0.2) is 11.5 Å². The van der Waals surface area contributed by atoms with Gasteiger partial charge in [-0.1, -0.05) is 54.4 Å². The van der Waals surface area contributed by atoms with E-state index < -0.39 is 21.1 Å². The monoisotopic (exact) mass is 666 g/mol. The summed E-state index contributed by atoms with van der Waals surface area (Å²) in [5.74, 6) is 1.35. The van der Waals surface area contributed by atoms with E-state index in [2.05, 4.69) is 15.5 Å². The maximum absolute atomic E-state index is 14.6. The number of amides is 2. The van der Waals surface area contributed by atoms with Crippen molar-refractivity contribution in [2.24, 2.45) is 11.8 Å². The van der Waals surface area contributed by atoms with Crippen molar-refractivity contribution in [3.8, 4) is 11.1 Å². The Morgan fingerprint density at radius 3 is 2.43 bits per heavy atom. The zero-order valence-electron chi connectivity index (χ0n) is 27.8. The molecule has 2 bridgehead atoms. The minimum Gasteiger partial charge on any atom is -0.386 e. The Labute approximate surface area is 277 Å². The number of rotatable bonds is 8. The van der Waals surface area contributed by atoms with E-state index in [1.807, 2.05) is 53.4 Å². The topological polar surface area (TPSA) is 126 Å². The Morgan fingerprint density at radius 1 is 1.04 bits per heavy atom. The van der Waals surface area contributed by atoms with Crippen LogP contribution in [0.5, 0.6) is 0 Å². The molecule has 47 heavy (non-hydrogen) atoms. The van der Waals surface area contributed by atoms with E-state index in [0.29, 0.717) is 31.1 Å². The molecule has 1 aliphatic heterocycles. The molecule has 3 unspecified atom stereocenters. The molecular formula is C36H47FN4O5S. The lowest BCUT2D eigenvalue weighted by Crippen LogP contribution is -2.51. The van der Waals surface area contributed by atoms with Crippen LogP contribution in [0.3, 0.4) is 0 Å². The van der Waals surface area contributed by atoms with Crippen molar-refractivity contribution in [1.29, 1.82) is 0 Å². The van der Waals surface area contributed by atoms with Gasteiger partial charge < -0.3 is 14.9 Å². The first kappa shape index (κ1) is 33.6. The molecule has 0 spiro atoms. The third-order valence-corrected chi connectivity index (χ3v) is 12.3. The molecule has 2 aromatic carbocycles. The summed E-state index contributed by atoms with van der Waals surface area (Å²) in [7, 11) is -3.06. The number of aromatic nitrogens is 2. The van der Waals surface area contributed by atoms with Crippen LogP contribution in [0.25, 0.3) is 11.1 Å². The molecule has 2 N–H and O–H groups in total. The van der Waals surface area contributed by atoms with Crippen LogP contribution < -0.4 is 10.2 Å². The minimum atomic E-state index is -3.06. The van der Waals surface area contributed by atoms with Crippen molar-refractivity contribution in [3.63, 3.8) is 0 Å². The maximum Gasteiger partial charge on any atom is 0.322 e. The van der Waals surface area contributed by atoms with Crippen LogP contribution in [-0.4, -0.2) is 53.8 Å². The number of fused-ring (bicyclic) bond motifs is 2. The zero-order valence-corrected chi connectivity index (χ0v) is 28.7. The fourth-order valence-electron chi connectivity index (χ4n) is 7.72. The van der Waals surface area contributed by atoms with Crippen LogP contribution in [0.1, 0.15) is 96.3 Å². The number of carbonyl (C=O) groups is 1. The van der Waals surface area contributed by atoms with Gasteiger partial charge in [-0.3, -0.25) is 4.90 Å². The number of carbonyl (C=O) groups excluding carboxylic acids is 1. The van der Waals surface area contributed by atoms with Gasteiger partial charge in [0.2, 0.25) is 0 Å². The van der Waals surface area contributed by atoms with Crippen molar-refractivity contribution in [2.75, 3.05) is 23.0 Å². The molecule has 254 valence electrons. The second-order valence-corrected chi connectivity index (χ2v) is 17.3. The Kier molecular flexibility index (Phi) is 9.02. The van der Waals surface area contributed by atoms with Crippen LogP contribution in [0, 0.1) is 11.8 Å². The highest BCUT2D eigenvalue weighted by atomic mass is 32.2. The summed E-state index contributed by atoms with van der Waals surface area (Å²) >= 11 is 0. The SMILES string of the molecule is CC(C)(O)c1ccc(-c2cccc(N(CC3CCC4(c5noc(C(C)(C)F)n5)CCCC3C4)C(=O)NC3CCS(=O)(=O)CC3)c2)cc1. The molecule has 2 aliphatic carbocycles. The first-order chi connectivity index (χ1) is 22.1. The van der Waals surface area contributed by atoms with E-state index in [4.69, 9.17) is 4.52 Å². The number of nitrogens with zero attached hydrogens (tertiary/aromatic N) is 3. The third-order valence-electron chi connectivity index (χ3n) is 10.6. The zero-order chi connectivity index (χ0) is 33.6. The smallest absolute Gasteiger partial charge is 0.322 e. The number of urea groups is 1. The van der Waals surface area contributed by atoms with Gasteiger partial charge in [-0.05, 0) is 107 Å². The van der Waals surface area contributed by atoms with Gasteiger partial charge >= 0.3 is 6.03 Å². The Balaban J connectivity index is 1.25. The Bertz CT molecular complexity index is 1680. The van der Waals surface area contributed by atoms with Gasteiger partial charge in [-0.25, -0.2) is 17.6 Å². The predicted octanol–water partition coefficient (Wildman–Crippen LogP) is 6.80. The van der Waals surface area contributed by atoms with Crippen LogP contribution in [0.4, 0.5) is 14.9 Å². The number of hydrogen-bond donors (Lipinski definition) is 2. The highest BCUT2D eigenvalue weighted by Gasteiger charge is 2.48. The summed E-state index contributed by atoms with van der Waals surface area (Å²) in [6.07, 6.45) is 6.37. The van der Waals surface area contributed by atoms with Crippen LogP contribution in [0.15, 0.2) is 53.1 Å². The highest BCUT2D eigenvalue weighted by molar-refractivity contribution is 7.91. The molecule has 2 heterocycles. The standard InChI is InChI=1S/C36H47FN4O5S/c1-34(2,37)32-39-31(40-46-32)36-17-6-8-26(22-36)27(14-18-36)23-41(33(42)38-29-15-19-47(44,45)20-16-29)30-9-5-7-25(21-30)24-10-12-28(13-11-24)35(3,4)43/h5,7,9-13,21,26-27,29,43H,6,8,14-20,22-23H2,1-4H3,(H,38,42). The highest BCUT2D eigenvalue weighted by Crippen LogP contribution is 2.52. The van der Waals surface area contributed by atoms with Crippen LogP contribution in [-0.2, 0) is 26.5 Å². The van der Waals surface area contributed by atoms with Gasteiger partial charge in [-0.2, -0.15) is 4.98 Å². The largest absolute Gasteiger partial charge is 0.386 e. The van der Waals surface area contributed by atoms with E-state index in [-0.39, 0.29) is 40.8 Å². The number of halogens is 1. The number of hydrogen-bond acceptors (Lipinski definition) is 7. The lowest BCUT2D eigenvalue weighted by atomic mass is 9.58. The normalized spacial score (nSPS) is 24.9. The molecular weight excluding hydrogens is 619 g/mol. The van der Waals surface area contributed by atoms with E-state index in [9.17, 15) is 22.7 Å². The fourth-order valence-corrected chi connectivity index (χ4v) is 9.21. The van der Waals surface area contributed by atoms with Gasteiger partial charge in [-0.15, -0.1) is 0 Å². The summed E-state index contributed by atoms with van der Waals surface area (Å²) in [5.41, 5.74) is 0.631. The second kappa shape index (κ2) is 12.6. The first-order valence-electron chi connectivity index (χ1n) is 16.9. The molecule has 6 rings (SSSR count). The molecule has 3 atom stereocenters. The van der Waals surface area contributed by atoms with E-state index in [1.54, 1.807) is 13.8 Å². The summed E-state index contributed by atoms with van der Waals surface area (Å²) in [6, 6.07) is 15.3. The number of anilines is 1. The number of nitrogens with one attached hydrogen (secondary N) is 1. The molecule has 1 saturated heterocycles. The van der Waals surface area contributed by atoms with Crippen molar-refractivity contribution < 1.29 is 27.2 Å². The van der Waals surface area contributed by atoms with Crippen LogP contribution >= 0.6 is 0 Å². The summed E-state index contributed by atoms with van der Waals surface area (Å²) in [4.78, 5) is 20.4. The van der Waals surface area contributed by atoms with Crippen molar-refractivity contribution >= 4 is 21.6 Å². The Hall–Kier alpha value is -3.31. The van der Waals surface area contributed by atoms with Crippen LogP contribution in [0.2, 0.25) is 0 Å². The van der Waals surface area contributed by atoms with Gasteiger partial charge in [0.25, 0.3) is 5.89 Å². The molecule has 9 nitrogen and oxygen atoms in total. The molecule has 3 aliphatic rings. The van der Waals surface area contributed by atoms with Crippen molar-refractivity contribution in [1.82, 2.24) is 15.5 Å². The summed E-state index contributed by atoms with van der Waals surface area (Å²) < 4.78 is 44.1. The fraction of sp³-hybridized carbons (Fsp3) is 0.583. The third kappa shape index (κ3) is 7.41. The predicted molar refractivity (Wildman–Crippen MR) is 179 cm³/mol. The molecule has 2 saturated carbocycles. The quantitative estimate of drug-likeness (QED) is 0.271. The van der Waals surface area contributed by atoms with Gasteiger partial charge in [0.1, 0.15) is 9.84 Å². The number of sulfone groups is 1. The number of alkyl halides is 1. The van der Waals surface area contributed by atoms with Crippen molar-refractivity contribution in [3.05, 3.63) is 65.8 Å². The average molecular weight is 667 g/mol. The minimum absolute atomic E-state index is 0.0130. The molecule has 11 heteroatoms. The maximum atomic E-state index is 14.6. The molecule has 1 aromatic heterocycles. The lowest BCUT2D eigenvalue weighted by Gasteiger charge is -2.48. The summed E-state index contributed by atoms with van der Waals surface area (Å²) in [6.45, 7) is 6.88. The molecule has 2 amide bonds. The lowest BCUT2D eigenvalue weighted by molar-refractivity contribution is 0.0786. The van der Waals surface area contributed by atoms with E-state index in [1.165, 1.54) is 13.8 Å².